The van der Waals surface area contributed by atoms with Gasteiger partial charge in [0.25, 0.3) is 0 Å². The van der Waals surface area contributed by atoms with Gasteiger partial charge in [0, 0.05) is 39.3 Å². The van der Waals surface area contributed by atoms with Crippen molar-refractivity contribution in [3.63, 3.8) is 0 Å². The minimum absolute atomic E-state index is 1.10. The van der Waals surface area contributed by atoms with Crippen LogP contribution in [0.4, 0.5) is 0 Å². The fraction of sp³-hybridized carbons (Fsp3) is 0.118. The summed E-state index contributed by atoms with van der Waals surface area (Å²) >= 11 is 7.89. The molecule has 0 fully saturated rings. The van der Waals surface area contributed by atoms with Crippen molar-refractivity contribution in [1.82, 2.24) is 0 Å². The van der Waals surface area contributed by atoms with Gasteiger partial charge in [0.1, 0.15) is 0 Å². The fourth-order valence-electron chi connectivity index (χ4n) is 5.50. The first kappa shape index (κ1) is 22.9. The third-order valence-corrected chi connectivity index (χ3v) is 12.3. The molecule has 0 unspecified atom stereocenters. The molecule has 0 aliphatic rings. The number of hydrogen-bond donors (Lipinski definition) is 0. The third-order valence-electron chi connectivity index (χ3n) is 7.46. The van der Waals surface area contributed by atoms with Crippen molar-refractivity contribution in [3.8, 4) is 0 Å². The SMILES string of the molecule is c1ccc(CCc2cc3cc4sc5c6cc7sc(CCc8ccccc8)cc7cc6sc5c4cc3s2)cc1. The lowest BCUT2D eigenvalue weighted by Crippen LogP contribution is -1.87. The summed E-state index contributed by atoms with van der Waals surface area (Å²) in [6, 6.07) is 36.3. The Kier molecular flexibility index (Phi) is 5.62. The zero-order valence-electron chi connectivity index (χ0n) is 20.7. The molecule has 0 radical (unpaired) electrons. The first-order valence-corrected chi connectivity index (χ1v) is 16.3. The summed E-state index contributed by atoms with van der Waals surface area (Å²) in [5, 5.41) is 5.66. The van der Waals surface area contributed by atoms with E-state index in [0.29, 0.717) is 0 Å². The zero-order valence-corrected chi connectivity index (χ0v) is 24.0. The summed E-state index contributed by atoms with van der Waals surface area (Å²) in [4.78, 5) is 2.97. The Balaban J connectivity index is 1.13. The van der Waals surface area contributed by atoms with Crippen LogP contribution in [0.1, 0.15) is 20.9 Å². The number of hydrogen-bond acceptors (Lipinski definition) is 4. The van der Waals surface area contributed by atoms with Gasteiger partial charge in [-0.1, -0.05) is 60.7 Å². The van der Waals surface area contributed by atoms with Crippen LogP contribution in [0.2, 0.25) is 0 Å². The van der Waals surface area contributed by atoms with Gasteiger partial charge in [0.15, 0.2) is 0 Å². The van der Waals surface area contributed by atoms with E-state index in [1.807, 2.05) is 45.3 Å². The van der Waals surface area contributed by atoms with E-state index in [9.17, 15) is 0 Å². The normalized spacial score (nSPS) is 12.1. The van der Waals surface area contributed by atoms with Crippen molar-refractivity contribution in [2.45, 2.75) is 25.7 Å². The minimum Gasteiger partial charge on any atom is -0.140 e. The van der Waals surface area contributed by atoms with Gasteiger partial charge in [-0.15, -0.1) is 45.3 Å². The van der Waals surface area contributed by atoms with Crippen molar-refractivity contribution in [3.05, 3.63) is 118 Å². The van der Waals surface area contributed by atoms with Gasteiger partial charge < -0.3 is 0 Å². The maximum atomic E-state index is 2.46. The van der Waals surface area contributed by atoms with E-state index in [1.165, 1.54) is 70.6 Å². The molecule has 0 nitrogen and oxygen atoms in total. The van der Waals surface area contributed by atoms with E-state index in [-0.39, 0.29) is 0 Å². The number of benzene rings is 4. The van der Waals surface area contributed by atoms with Crippen LogP contribution in [-0.4, -0.2) is 0 Å². The predicted octanol–water partition coefficient (Wildman–Crippen LogP) is 11.3. The molecule has 0 aliphatic carbocycles. The van der Waals surface area contributed by atoms with Crippen molar-refractivity contribution in [2.24, 2.45) is 0 Å². The lowest BCUT2D eigenvalue weighted by Gasteiger charge is -1.98. The van der Waals surface area contributed by atoms with Crippen LogP contribution in [0.3, 0.4) is 0 Å². The minimum atomic E-state index is 1.10. The van der Waals surface area contributed by atoms with Crippen LogP contribution in [0.15, 0.2) is 97.1 Å². The molecule has 184 valence electrons. The highest BCUT2D eigenvalue weighted by molar-refractivity contribution is 7.36. The lowest BCUT2D eigenvalue weighted by atomic mass is 10.1. The van der Waals surface area contributed by atoms with Crippen molar-refractivity contribution < 1.29 is 0 Å². The third kappa shape index (κ3) is 4.07. The van der Waals surface area contributed by atoms with Crippen LogP contribution in [0.5, 0.6) is 0 Å². The van der Waals surface area contributed by atoms with Gasteiger partial charge in [0.2, 0.25) is 0 Å². The Morgan fingerprint density at radius 1 is 0.395 bits per heavy atom. The van der Waals surface area contributed by atoms with Crippen molar-refractivity contribution in [1.29, 1.82) is 0 Å². The molecule has 4 heteroatoms. The zero-order chi connectivity index (χ0) is 25.1. The molecule has 4 aromatic carbocycles. The maximum absolute atomic E-state index is 2.46. The van der Waals surface area contributed by atoms with E-state index >= 15 is 0 Å². The van der Waals surface area contributed by atoms with Gasteiger partial charge in [0.05, 0.1) is 9.40 Å². The van der Waals surface area contributed by atoms with Gasteiger partial charge in [-0.25, -0.2) is 0 Å². The number of thiophene rings is 4. The Labute approximate surface area is 237 Å². The van der Waals surface area contributed by atoms with Crippen LogP contribution in [-0.2, 0) is 25.7 Å². The predicted molar refractivity (Wildman–Crippen MR) is 173 cm³/mol. The molecular formula is C34H24S4. The van der Waals surface area contributed by atoms with Crippen molar-refractivity contribution >= 4 is 95.1 Å². The summed E-state index contributed by atoms with van der Waals surface area (Å²) in [5.74, 6) is 0. The summed E-state index contributed by atoms with van der Waals surface area (Å²) in [6.07, 6.45) is 4.43. The Morgan fingerprint density at radius 2 is 0.842 bits per heavy atom. The van der Waals surface area contributed by atoms with Gasteiger partial charge in [-0.05, 0) is 84.0 Å². The monoisotopic (exact) mass is 560 g/mol. The molecule has 0 bridgehead atoms. The fourth-order valence-corrected chi connectivity index (χ4v) is 10.4. The second-order valence-corrected chi connectivity index (χ2v) is 14.5. The molecule has 0 N–H and O–H groups in total. The van der Waals surface area contributed by atoms with E-state index in [0.717, 1.165) is 25.7 Å². The van der Waals surface area contributed by atoms with Gasteiger partial charge in [-0.2, -0.15) is 0 Å². The summed E-state index contributed by atoms with van der Waals surface area (Å²) in [5.41, 5.74) is 2.84. The second kappa shape index (κ2) is 9.32. The number of aryl methyl sites for hydroxylation is 4. The van der Waals surface area contributed by atoms with Crippen LogP contribution in [0.25, 0.3) is 49.7 Å². The summed E-state index contributed by atoms with van der Waals surface area (Å²) < 4.78 is 8.60. The van der Waals surface area contributed by atoms with Gasteiger partial charge >= 0.3 is 0 Å². The summed E-state index contributed by atoms with van der Waals surface area (Å²) in [7, 11) is 0. The number of fused-ring (bicyclic) bond motifs is 7. The molecule has 4 heterocycles. The smallest absolute Gasteiger partial charge is 0.0542 e. The Hall–Kier alpha value is -3.02. The van der Waals surface area contributed by atoms with Gasteiger partial charge in [-0.3, -0.25) is 0 Å². The quantitative estimate of drug-likeness (QED) is 0.190. The highest BCUT2D eigenvalue weighted by Gasteiger charge is 2.16. The van der Waals surface area contributed by atoms with E-state index < -0.39 is 0 Å². The number of rotatable bonds is 6. The average molecular weight is 561 g/mol. The second-order valence-electron chi connectivity index (χ2n) is 10.0. The van der Waals surface area contributed by atoms with Crippen LogP contribution < -0.4 is 0 Å². The first-order chi connectivity index (χ1) is 18.8. The Bertz CT molecular complexity index is 1920. The molecule has 0 atom stereocenters. The standard InChI is InChI=1S/C34H24S4/c1-3-7-21(8-4-1)11-13-25-15-23-17-31-27(19-29(23)35-25)33-34(37-31)28-20-30-24(18-32(28)38-33)16-26(36-30)14-12-22-9-5-2-6-10-22/h1-10,15-20H,11-14H2. The molecule has 38 heavy (non-hydrogen) atoms. The molecule has 0 aliphatic heterocycles. The lowest BCUT2D eigenvalue weighted by molar-refractivity contribution is 0.982. The van der Waals surface area contributed by atoms with E-state index in [1.54, 1.807) is 0 Å². The largest absolute Gasteiger partial charge is 0.140 e. The molecule has 0 amide bonds. The molecule has 8 aromatic rings. The van der Waals surface area contributed by atoms with Crippen molar-refractivity contribution in [2.75, 3.05) is 0 Å². The molecular weight excluding hydrogens is 537 g/mol. The highest BCUT2D eigenvalue weighted by atomic mass is 32.1. The molecule has 0 spiro atoms. The van der Waals surface area contributed by atoms with Crippen LogP contribution >= 0.6 is 45.3 Å². The summed E-state index contributed by atoms with van der Waals surface area (Å²) in [6.45, 7) is 0. The average Bonchev–Trinajstić information content (AvgIpc) is 3.70. The first-order valence-electron chi connectivity index (χ1n) is 13.1. The topological polar surface area (TPSA) is 0 Å². The van der Waals surface area contributed by atoms with Crippen LogP contribution in [0, 0.1) is 0 Å². The highest BCUT2D eigenvalue weighted by Crippen LogP contribution is 2.47. The molecule has 4 aromatic heterocycles. The van der Waals surface area contributed by atoms with E-state index in [4.69, 9.17) is 0 Å². The Morgan fingerprint density at radius 3 is 1.29 bits per heavy atom. The molecule has 0 saturated heterocycles. The molecule has 0 saturated carbocycles. The molecule has 8 rings (SSSR count). The maximum Gasteiger partial charge on any atom is 0.0542 e. The van der Waals surface area contributed by atoms with E-state index in [2.05, 4.69) is 97.1 Å².